The highest BCUT2D eigenvalue weighted by molar-refractivity contribution is 7.25. The molecule has 11 rings (SSSR count). The number of rotatable bonds is 6. The number of para-hydroxylation sites is 3. The summed E-state index contributed by atoms with van der Waals surface area (Å²) in [5, 5.41) is 7.51. The van der Waals surface area contributed by atoms with E-state index in [0.717, 1.165) is 39.7 Å². The van der Waals surface area contributed by atoms with E-state index in [1.807, 2.05) is 23.5 Å². The Hall–Kier alpha value is -6.82. The summed E-state index contributed by atoms with van der Waals surface area (Å²) in [4.78, 5) is 2.38. The molecule has 4 nitrogen and oxygen atoms in total. The monoisotopic (exact) mass is 711 g/mol. The zero-order valence-corrected chi connectivity index (χ0v) is 30.3. The predicted molar refractivity (Wildman–Crippen MR) is 229 cm³/mol. The Balaban J connectivity index is 1.13. The molecular weight excluding hydrogens is 679 g/mol. The van der Waals surface area contributed by atoms with Crippen LogP contribution >= 0.6 is 11.3 Å². The average Bonchev–Trinajstić information content (AvgIpc) is 3.89. The van der Waals surface area contributed by atoms with Crippen molar-refractivity contribution in [2.45, 2.75) is 0 Å². The van der Waals surface area contributed by atoms with E-state index in [9.17, 15) is 0 Å². The third kappa shape index (κ3) is 4.62. The van der Waals surface area contributed by atoms with Gasteiger partial charge in [-0.05, 0) is 103 Å². The molecule has 3 aromatic heterocycles. The van der Waals surface area contributed by atoms with Crippen molar-refractivity contribution < 1.29 is 4.74 Å². The van der Waals surface area contributed by atoms with Crippen molar-refractivity contribution in [3.05, 3.63) is 182 Å². The highest BCUT2D eigenvalue weighted by Gasteiger charge is 2.22. The fourth-order valence-electron chi connectivity index (χ4n) is 8.43. The lowest BCUT2D eigenvalue weighted by molar-refractivity contribution is 0.415. The molecule has 11 aromatic rings. The van der Waals surface area contributed by atoms with Gasteiger partial charge in [-0.3, -0.25) is 0 Å². The van der Waals surface area contributed by atoms with Gasteiger partial charge in [-0.25, -0.2) is 0 Å². The van der Waals surface area contributed by atoms with E-state index in [4.69, 9.17) is 4.74 Å². The number of ether oxygens (including phenoxy) is 1. The first-order valence-corrected chi connectivity index (χ1v) is 19.0. The number of aromatic nitrogens is 2. The molecule has 0 radical (unpaired) electrons. The van der Waals surface area contributed by atoms with Crippen LogP contribution in [-0.4, -0.2) is 16.2 Å². The third-order valence-corrected chi connectivity index (χ3v) is 12.0. The summed E-state index contributed by atoms with van der Waals surface area (Å²) in [5.41, 5.74) is 10.2. The van der Waals surface area contributed by atoms with Crippen LogP contribution in [0.1, 0.15) is 0 Å². The minimum atomic E-state index is 0.826. The minimum absolute atomic E-state index is 0.826. The molecule has 0 amide bonds. The van der Waals surface area contributed by atoms with E-state index in [0.29, 0.717) is 0 Å². The molecule has 0 spiro atoms. The molecule has 0 aliphatic rings. The van der Waals surface area contributed by atoms with Crippen LogP contribution in [0.4, 0.5) is 17.1 Å². The lowest BCUT2D eigenvalue weighted by Crippen LogP contribution is -2.10. The third-order valence-electron chi connectivity index (χ3n) is 10.8. The van der Waals surface area contributed by atoms with Crippen molar-refractivity contribution >= 4 is 92.2 Å². The summed E-state index contributed by atoms with van der Waals surface area (Å²) in [6.45, 7) is 0. The van der Waals surface area contributed by atoms with Crippen LogP contribution in [0.5, 0.6) is 5.75 Å². The van der Waals surface area contributed by atoms with Crippen LogP contribution < -0.4 is 9.64 Å². The van der Waals surface area contributed by atoms with E-state index in [1.54, 1.807) is 7.11 Å². The molecule has 3 heterocycles. The molecule has 0 saturated heterocycles. The molecule has 5 heteroatoms. The molecular formula is C49H33N3OS. The van der Waals surface area contributed by atoms with Crippen molar-refractivity contribution in [1.82, 2.24) is 9.13 Å². The maximum absolute atomic E-state index is 5.60. The number of thiophene rings is 1. The van der Waals surface area contributed by atoms with Gasteiger partial charge < -0.3 is 18.8 Å². The van der Waals surface area contributed by atoms with Crippen LogP contribution in [0, 0.1) is 0 Å². The number of benzene rings is 8. The fraction of sp³-hybridized carbons (Fsp3) is 0.0204. The van der Waals surface area contributed by atoms with Crippen LogP contribution in [0.15, 0.2) is 182 Å². The maximum Gasteiger partial charge on any atom is 0.119 e. The summed E-state index contributed by atoms with van der Waals surface area (Å²) < 4.78 is 13.0. The number of hydrogen-bond acceptors (Lipinski definition) is 3. The molecule has 0 atom stereocenters. The molecule has 0 saturated carbocycles. The standard InChI is InChI=1S/C49H33N3OS/c1-53-36-28-25-33(26-29-36)50(32-21-23-34(24-22-32)51-42-15-6-2-11-37(42)38-12-3-7-16-43(38)51)45-18-10-19-46-49(45)40-14-4-8-17-44(40)52(46)35-27-30-48-41(31-35)39-13-5-9-20-47(39)54-48/h2-31H,1H3. The summed E-state index contributed by atoms with van der Waals surface area (Å²) in [6, 6.07) is 65.8. The van der Waals surface area contributed by atoms with Crippen LogP contribution in [0.3, 0.4) is 0 Å². The van der Waals surface area contributed by atoms with Crippen molar-refractivity contribution in [3.63, 3.8) is 0 Å². The summed E-state index contributed by atoms with van der Waals surface area (Å²) >= 11 is 1.85. The number of fused-ring (bicyclic) bond motifs is 9. The molecule has 0 aliphatic heterocycles. The van der Waals surface area contributed by atoms with Gasteiger partial charge in [0.2, 0.25) is 0 Å². The van der Waals surface area contributed by atoms with Crippen LogP contribution in [0.25, 0.3) is 75.2 Å². The van der Waals surface area contributed by atoms with Gasteiger partial charge in [0.1, 0.15) is 5.75 Å². The SMILES string of the molecule is COc1ccc(N(c2ccc(-n3c4ccccc4c4ccccc43)cc2)c2cccc3c2c2ccccc2n3-c2ccc3sc4ccccc4c3c2)cc1. The Morgan fingerprint density at radius 2 is 0.944 bits per heavy atom. The smallest absolute Gasteiger partial charge is 0.119 e. The van der Waals surface area contributed by atoms with Crippen LogP contribution in [-0.2, 0) is 0 Å². The fourth-order valence-corrected chi connectivity index (χ4v) is 9.51. The highest BCUT2D eigenvalue weighted by Crippen LogP contribution is 2.45. The zero-order chi connectivity index (χ0) is 35.8. The van der Waals surface area contributed by atoms with Crippen molar-refractivity contribution in [3.8, 4) is 17.1 Å². The second kappa shape index (κ2) is 12.1. The van der Waals surface area contributed by atoms with Gasteiger partial charge in [0, 0.05) is 64.5 Å². The lowest BCUT2D eigenvalue weighted by atomic mass is 10.1. The number of hydrogen-bond donors (Lipinski definition) is 0. The molecule has 0 bridgehead atoms. The van der Waals surface area contributed by atoms with Gasteiger partial charge in [0.05, 0.1) is 34.9 Å². The van der Waals surface area contributed by atoms with E-state index >= 15 is 0 Å². The van der Waals surface area contributed by atoms with E-state index in [2.05, 4.69) is 184 Å². The Morgan fingerprint density at radius 3 is 1.63 bits per heavy atom. The molecule has 0 aliphatic carbocycles. The van der Waals surface area contributed by atoms with Gasteiger partial charge in [0.15, 0.2) is 0 Å². The van der Waals surface area contributed by atoms with E-state index in [-0.39, 0.29) is 0 Å². The largest absolute Gasteiger partial charge is 0.497 e. The average molecular weight is 712 g/mol. The number of methoxy groups -OCH3 is 1. The Labute approximate surface area is 315 Å². The quantitative estimate of drug-likeness (QED) is 0.171. The minimum Gasteiger partial charge on any atom is -0.497 e. The lowest BCUT2D eigenvalue weighted by Gasteiger charge is -2.27. The normalized spacial score (nSPS) is 11.8. The van der Waals surface area contributed by atoms with Crippen molar-refractivity contribution in [2.75, 3.05) is 12.0 Å². The Bertz CT molecular complexity index is 3150. The first-order chi connectivity index (χ1) is 26.7. The number of anilines is 3. The van der Waals surface area contributed by atoms with Gasteiger partial charge >= 0.3 is 0 Å². The van der Waals surface area contributed by atoms with E-state index in [1.165, 1.54) is 58.3 Å². The molecule has 0 unspecified atom stereocenters. The summed E-state index contributed by atoms with van der Waals surface area (Å²) in [5.74, 6) is 0.826. The topological polar surface area (TPSA) is 22.3 Å². The van der Waals surface area contributed by atoms with Gasteiger partial charge in [-0.2, -0.15) is 0 Å². The molecule has 8 aromatic carbocycles. The van der Waals surface area contributed by atoms with Crippen molar-refractivity contribution in [1.29, 1.82) is 0 Å². The second-order valence-electron chi connectivity index (χ2n) is 13.7. The molecule has 256 valence electrons. The maximum atomic E-state index is 5.60. The first kappa shape index (κ1) is 30.8. The molecule has 54 heavy (non-hydrogen) atoms. The summed E-state index contributed by atoms with van der Waals surface area (Å²) in [6.07, 6.45) is 0. The summed E-state index contributed by atoms with van der Waals surface area (Å²) in [7, 11) is 1.71. The van der Waals surface area contributed by atoms with Crippen LogP contribution in [0.2, 0.25) is 0 Å². The van der Waals surface area contributed by atoms with Gasteiger partial charge in [-0.1, -0.05) is 78.9 Å². The second-order valence-corrected chi connectivity index (χ2v) is 14.8. The number of nitrogens with zero attached hydrogens (tertiary/aromatic N) is 3. The van der Waals surface area contributed by atoms with E-state index < -0.39 is 0 Å². The predicted octanol–water partition coefficient (Wildman–Crippen LogP) is 13.7. The first-order valence-electron chi connectivity index (χ1n) is 18.2. The Kier molecular flexibility index (Phi) is 6.91. The molecule has 0 N–H and O–H groups in total. The van der Waals surface area contributed by atoms with Gasteiger partial charge in [0.25, 0.3) is 0 Å². The zero-order valence-electron chi connectivity index (χ0n) is 29.5. The molecule has 0 fully saturated rings. The van der Waals surface area contributed by atoms with Gasteiger partial charge in [-0.15, -0.1) is 11.3 Å². The highest BCUT2D eigenvalue weighted by atomic mass is 32.1. The van der Waals surface area contributed by atoms with Crippen molar-refractivity contribution in [2.24, 2.45) is 0 Å². The Morgan fingerprint density at radius 1 is 0.426 bits per heavy atom.